The lowest BCUT2D eigenvalue weighted by atomic mass is 10.1. The summed E-state index contributed by atoms with van der Waals surface area (Å²) < 4.78 is 26.3. The minimum absolute atomic E-state index is 0.274. The van der Waals surface area contributed by atoms with Gasteiger partial charge in [0.2, 0.25) is 10.0 Å². The van der Waals surface area contributed by atoms with Gasteiger partial charge in [0.15, 0.2) is 0 Å². The Morgan fingerprint density at radius 3 is 2.26 bits per heavy atom. The van der Waals surface area contributed by atoms with Crippen molar-refractivity contribution in [3.8, 4) is 0 Å². The summed E-state index contributed by atoms with van der Waals surface area (Å²) in [6.45, 7) is 6.25. The summed E-state index contributed by atoms with van der Waals surface area (Å²) in [5.41, 5.74) is 0. The zero-order valence-corrected chi connectivity index (χ0v) is 13.1. The van der Waals surface area contributed by atoms with E-state index in [0.717, 1.165) is 6.54 Å². The van der Waals surface area contributed by atoms with Gasteiger partial charge in [-0.15, -0.1) is 0 Å². The molecule has 0 aromatic carbocycles. The highest BCUT2D eigenvalue weighted by molar-refractivity contribution is 7.89. The molecule has 1 aliphatic heterocycles. The van der Waals surface area contributed by atoms with Gasteiger partial charge in [0.05, 0.1) is 5.75 Å². The molecule has 6 heteroatoms. The van der Waals surface area contributed by atoms with Crippen LogP contribution in [0.25, 0.3) is 0 Å². The van der Waals surface area contributed by atoms with Crippen molar-refractivity contribution in [2.75, 3.05) is 32.4 Å². The highest BCUT2D eigenvalue weighted by atomic mass is 32.2. The van der Waals surface area contributed by atoms with Crippen LogP contribution in [0.15, 0.2) is 0 Å². The van der Waals surface area contributed by atoms with E-state index in [4.69, 9.17) is 0 Å². The topological polar surface area (TPSA) is 52.7 Å². The fourth-order valence-corrected chi connectivity index (χ4v) is 4.21. The fourth-order valence-electron chi connectivity index (χ4n) is 2.56. The minimum atomic E-state index is -3.08. The second-order valence-corrected chi connectivity index (χ2v) is 8.17. The number of hydrogen-bond donors (Lipinski definition) is 1. The molecule has 2 rings (SSSR count). The van der Waals surface area contributed by atoms with Crippen molar-refractivity contribution in [3.05, 3.63) is 0 Å². The standard InChI is InChI=1S/C13H27N3O2S/c1-11-9-16(10-12(2)15(11)3)19(17,18)8-4-7-14-13-5-6-13/h11-14H,4-10H2,1-3H3. The van der Waals surface area contributed by atoms with Crippen molar-refractivity contribution < 1.29 is 8.42 Å². The SMILES string of the molecule is CC1CN(S(=O)(=O)CCCNC2CC2)CC(C)N1C. The molecule has 1 N–H and O–H groups in total. The predicted octanol–water partition coefficient (Wildman–Crippen LogP) is 0.483. The smallest absolute Gasteiger partial charge is 0.214 e. The van der Waals surface area contributed by atoms with Gasteiger partial charge >= 0.3 is 0 Å². The lowest BCUT2D eigenvalue weighted by molar-refractivity contribution is 0.105. The van der Waals surface area contributed by atoms with E-state index in [-0.39, 0.29) is 5.75 Å². The number of rotatable bonds is 6. The zero-order chi connectivity index (χ0) is 14.0. The van der Waals surface area contributed by atoms with E-state index in [1.165, 1.54) is 12.8 Å². The van der Waals surface area contributed by atoms with Crippen LogP contribution in [0.5, 0.6) is 0 Å². The van der Waals surface area contributed by atoms with Crippen molar-refractivity contribution in [1.29, 1.82) is 0 Å². The normalized spacial score (nSPS) is 30.7. The first-order valence-corrected chi connectivity index (χ1v) is 8.94. The van der Waals surface area contributed by atoms with E-state index in [9.17, 15) is 8.42 Å². The third-order valence-corrected chi connectivity index (χ3v) is 6.20. The van der Waals surface area contributed by atoms with E-state index in [0.29, 0.717) is 37.6 Å². The molecule has 1 saturated heterocycles. The summed E-state index contributed by atoms with van der Waals surface area (Å²) in [4.78, 5) is 2.25. The predicted molar refractivity (Wildman–Crippen MR) is 77.7 cm³/mol. The number of nitrogens with one attached hydrogen (secondary N) is 1. The average molecular weight is 289 g/mol. The van der Waals surface area contributed by atoms with E-state index >= 15 is 0 Å². The van der Waals surface area contributed by atoms with Crippen LogP contribution in [0.3, 0.4) is 0 Å². The number of hydrogen-bond acceptors (Lipinski definition) is 4. The Kier molecular flexibility index (Phi) is 4.87. The zero-order valence-electron chi connectivity index (χ0n) is 12.3. The van der Waals surface area contributed by atoms with Crippen molar-refractivity contribution in [3.63, 3.8) is 0 Å². The maximum Gasteiger partial charge on any atom is 0.214 e. The van der Waals surface area contributed by atoms with Gasteiger partial charge in [-0.05, 0) is 46.7 Å². The number of sulfonamides is 1. The quantitative estimate of drug-likeness (QED) is 0.723. The Balaban J connectivity index is 1.80. The third kappa shape index (κ3) is 4.15. The van der Waals surface area contributed by atoms with Crippen LogP contribution in [-0.2, 0) is 10.0 Å². The highest BCUT2D eigenvalue weighted by Crippen LogP contribution is 2.19. The second kappa shape index (κ2) is 6.08. The van der Waals surface area contributed by atoms with E-state index < -0.39 is 10.0 Å². The largest absolute Gasteiger partial charge is 0.314 e. The summed E-state index contributed by atoms with van der Waals surface area (Å²) in [7, 11) is -1.02. The molecule has 2 aliphatic rings. The maximum absolute atomic E-state index is 12.3. The molecular formula is C13H27N3O2S. The summed E-state index contributed by atoms with van der Waals surface area (Å²) in [6.07, 6.45) is 3.22. The second-order valence-electron chi connectivity index (χ2n) is 6.08. The Morgan fingerprint density at radius 1 is 1.16 bits per heavy atom. The molecule has 0 bridgehead atoms. The molecule has 1 aliphatic carbocycles. The first-order chi connectivity index (χ1) is 8.90. The number of piperazine rings is 1. The Hall–Kier alpha value is -0.170. The lowest BCUT2D eigenvalue weighted by Crippen LogP contribution is -2.56. The van der Waals surface area contributed by atoms with Crippen LogP contribution in [0, 0.1) is 0 Å². The minimum Gasteiger partial charge on any atom is -0.314 e. The van der Waals surface area contributed by atoms with Crippen molar-refractivity contribution in [2.24, 2.45) is 0 Å². The molecule has 112 valence electrons. The van der Waals surface area contributed by atoms with Crippen LogP contribution in [0.2, 0.25) is 0 Å². The summed E-state index contributed by atoms with van der Waals surface area (Å²) in [5, 5.41) is 3.37. The van der Waals surface area contributed by atoms with Gasteiger partial charge in [0.25, 0.3) is 0 Å². The Morgan fingerprint density at radius 2 is 1.74 bits per heavy atom. The first-order valence-electron chi connectivity index (χ1n) is 7.33. The maximum atomic E-state index is 12.3. The van der Waals surface area contributed by atoms with Gasteiger partial charge in [-0.1, -0.05) is 0 Å². The van der Waals surface area contributed by atoms with Gasteiger partial charge in [0.1, 0.15) is 0 Å². The molecular weight excluding hydrogens is 262 g/mol. The number of likely N-dealkylation sites (N-methyl/N-ethyl adjacent to an activating group) is 1. The highest BCUT2D eigenvalue weighted by Gasteiger charge is 2.33. The summed E-state index contributed by atoms with van der Waals surface area (Å²) in [6, 6.07) is 1.25. The van der Waals surface area contributed by atoms with Crippen molar-refractivity contribution in [1.82, 2.24) is 14.5 Å². The Bertz CT molecular complexity index is 383. The van der Waals surface area contributed by atoms with E-state index in [1.54, 1.807) is 4.31 Å². The van der Waals surface area contributed by atoms with E-state index in [1.807, 2.05) is 0 Å². The van der Waals surface area contributed by atoms with Crippen LogP contribution in [0.4, 0.5) is 0 Å². The van der Waals surface area contributed by atoms with Gasteiger partial charge in [-0.2, -0.15) is 4.31 Å². The molecule has 2 atom stereocenters. The van der Waals surface area contributed by atoms with Gasteiger partial charge in [-0.25, -0.2) is 8.42 Å². The monoisotopic (exact) mass is 289 g/mol. The molecule has 0 amide bonds. The summed E-state index contributed by atoms with van der Waals surface area (Å²) >= 11 is 0. The molecule has 5 nitrogen and oxygen atoms in total. The van der Waals surface area contributed by atoms with Gasteiger partial charge in [0, 0.05) is 31.2 Å². The van der Waals surface area contributed by atoms with Gasteiger partial charge < -0.3 is 5.32 Å². The van der Waals surface area contributed by atoms with Crippen LogP contribution < -0.4 is 5.32 Å². The van der Waals surface area contributed by atoms with Crippen molar-refractivity contribution >= 4 is 10.0 Å². The fraction of sp³-hybridized carbons (Fsp3) is 1.00. The van der Waals surface area contributed by atoms with Crippen LogP contribution in [-0.4, -0.2) is 68.2 Å². The van der Waals surface area contributed by atoms with Crippen LogP contribution >= 0.6 is 0 Å². The number of nitrogens with zero attached hydrogens (tertiary/aromatic N) is 2. The molecule has 2 fully saturated rings. The van der Waals surface area contributed by atoms with E-state index in [2.05, 4.69) is 31.1 Å². The van der Waals surface area contributed by atoms with Crippen LogP contribution in [0.1, 0.15) is 33.1 Å². The molecule has 1 saturated carbocycles. The lowest BCUT2D eigenvalue weighted by Gasteiger charge is -2.41. The Labute approximate surface area is 117 Å². The average Bonchev–Trinajstić information content (AvgIpc) is 3.15. The molecule has 0 aromatic heterocycles. The molecule has 0 spiro atoms. The third-order valence-electron chi connectivity index (χ3n) is 4.31. The summed E-state index contributed by atoms with van der Waals surface area (Å²) in [5.74, 6) is 0.274. The molecule has 0 aromatic rings. The molecule has 0 radical (unpaired) electrons. The molecule has 2 unspecified atom stereocenters. The molecule has 19 heavy (non-hydrogen) atoms. The first kappa shape index (κ1) is 15.2. The van der Waals surface area contributed by atoms with Gasteiger partial charge in [-0.3, -0.25) is 4.90 Å². The molecule has 1 heterocycles. The van der Waals surface area contributed by atoms with Crippen molar-refractivity contribution in [2.45, 2.75) is 51.2 Å².